The molecule has 0 aromatic carbocycles. The van der Waals surface area contributed by atoms with E-state index in [4.69, 9.17) is 34.7 Å². The fourth-order valence-electron chi connectivity index (χ4n) is 3.77. The van der Waals surface area contributed by atoms with Crippen molar-refractivity contribution in [1.82, 2.24) is 20.2 Å². The Morgan fingerprint density at radius 3 is 1.78 bits per heavy atom. The van der Waals surface area contributed by atoms with Crippen LogP contribution >= 0.6 is 0 Å². The van der Waals surface area contributed by atoms with Gasteiger partial charge in [0.1, 0.15) is 5.82 Å². The van der Waals surface area contributed by atoms with Gasteiger partial charge in [-0.05, 0) is 62.8 Å². The molecule has 280 valence electrons. The molecule has 0 spiro atoms. The van der Waals surface area contributed by atoms with Gasteiger partial charge in [0.15, 0.2) is 0 Å². The first-order valence-corrected chi connectivity index (χ1v) is 14.5. The Hall–Kier alpha value is -4.69. The maximum Gasteiger partial charge on any atom is 0.490 e. The van der Waals surface area contributed by atoms with Crippen LogP contribution in [-0.4, -0.2) is 98.2 Å². The molecule has 2 aliphatic rings. The molecule has 0 bridgehead atoms. The predicted octanol–water partition coefficient (Wildman–Crippen LogP) is 4.94. The minimum absolute atomic E-state index is 0.0387. The monoisotopic (exact) mass is 735 g/mol. The van der Waals surface area contributed by atoms with Crippen LogP contribution in [0, 0.1) is 5.92 Å². The highest BCUT2D eigenvalue weighted by atomic mass is 19.4. The van der Waals surface area contributed by atoms with Gasteiger partial charge in [-0.2, -0.15) is 39.5 Å². The summed E-state index contributed by atoms with van der Waals surface area (Å²) in [7, 11) is 0. The first kappa shape index (κ1) is 43.3. The molecule has 1 amide bonds. The Morgan fingerprint density at radius 2 is 1.36 bits per heavy atom. The number of carbonyl (C=O) groups excluding carboxylic acids is 1. The zero-order valence-electron chi connectivity index (χ0n) is 26.4. The van der Waals surface area contributed by atoms with Crippen molar-refractivity contribution < 1.29 is 74.0 Å². The number of carboxylic acids is 3. The predicted molar refractivity (Wildman–Crippen MR) is 156 cm³/mol. The molecular formula is C29H34F9N5O7. The second-order valence-electron chi connectivity index (χ2n) is 10.9. The largest absolute Gasteiger partial charge is 0.490 e. The third-order valence-electron chi connectivity index (χ3n) is 6.31. The maximum absolute atomic E-state index is 12.8. The molecule has 0 saturated heterocycles. The first-order chi connectivity index (χ1) is 22.9. The van der Waals surface area contributed by atoms with Crippen molar-refractivity contribution >= 4 is 29.6 Å². The summed E-state index contributed by atoms with van der Waals surface area (Å²) in [6.45, 7) is 7.63. The number of halogens is 9. The van der Waals surface area contributed by atoms with Crippen molar-refractivity contribution in [2.75, 3.05) is 25.0 Å². The van der Waals surface area contributed by atoms with Crippen LogP contribution in [0.1, 0.15) is 54.0 Å². The standard InChI is InChI=1S/C23H31N5O.3C2HF3O2/c1-16(2)26-23(29)20-13-18-8-11-28(15-19-5-3-4-10-24-19)12-9-21(18)27-22(20)25-14-17-6-7-17;3*3-2(4,5)1(6)7/h3-5,10,13,16-17H,6-9,11-12,14-15H2,1-2H3,(H,25,27)(H,26,29);3*(H,6,7). The van der Waals surface area contributed by atoms with Crippen molar-refractivity contribution in [2.45, 2.75) is 70.6 Å². The van der Waals surface area contributed by atoms with Crippen molar-refractivity contribution in [3.05, 3.63) is 53.0 Å². The molecule has 50 heavy (non-hydrogen) atoms. The van der Waals surface area contributed by atoms with E-state index in [9.17, 15) is 44.3 Å². The molecule has 1 aliphatic heterocycles. The minimum Gasteiger partial charge on any atom is -0.475 e. The van der Waals surface area contributed by atoms with Crippen LogP contribution < -0.4 is 10.6 Å². The fraction of sp³-hybridized carbons (Fsp3) is 0.517. The normalized spacial score (nSPS) is 14.6. The Balaban J connectivity index is 0.000000486. The molecule has 3 heterocycles. The molecule has 5 N–H and O–H groups in total. The molecule has 0 radical (unpaired) electrons. The number of nitrogens with zero attached hydrogens (tertiary/aromatic N) is 3. The smallest absolute Gasteiger partial charge is 0.475 e. The number of carboxylic acid groups (broad SMARTS) is 3. The van der Waals surface area contributed by atoms with Crippen molar-refractivity contribution in [2.24, 2.45) is 5.92 Å². The van der Waals surface area contributed by atoms with Gasteiger partial charge in [-0.25, -0.2) is 19.4 Å². The molecule has 4 rings (SSSR count). The highest BCUT2D eigenvalue weighted by molar-refractivity contribution is 5.99. The van der Waals surface area contributed by atoms with Crippen LogP contribution in [-0.2, 0) is 33.8 Å². The third kappa shape index (κ3) is 17.1. The molecule has 21 heteroatoms. The summed E-state index contributed by atoms with van der Waals surface area (Å²) in [6.07, 6.45) is -9.06. The van der Waals surface area contributed by atoms with Crippen LogP contribution in [0.2, 0.25) is 0 Å². The number of anilines is 1. The van der Waals surface area contributed by atoms with Crippen LogP contribution in [0.5, 0.6) is 0 Å². The van der Waals surface area contributed by atoms with Gasteiger partial charge in [0.05, 0.1) is 11.3 Å². The lowest BCUT2D eigenvalue weighted by Crippen LogP contribution is -2.31. The van der Waals surface area contributed by atoms with E-state index >= 15 is 0 Å². The van der Waals surface area contributed by atoms with Gasteiger partial charge in [-0.1, -0.05) is 6.07 Å². The number of pyridine rings is 2. The first-order valence-electron chi connectivity index (χ1n) is 14.5. The summed E-state index contributed by atoms with van der Waals surface area (Å²) in [5.74, 6) is -6.84. The highest BCUT2D eigenvalue weighted by Gasteiger charge is 2.39. The number of aliphatic carboxylic acids is 3. The van der Waals surface area contributed by atoms with E-state index in [2.05, 4.69) is 32.7 Å². The summed E-state index contributed by atoms with van der Waals surface area (Å²) in [4.78, 5) is 51.3. The number of amides is 1. The van der Waals surface area contributed by atoms with Gasteiger partial charge in [0.25, 0.3) is 5.91 Å². The van der Waals surface area contributed by atoms with E-state index in [-0.39, 0.29) is 11.9 Å². The van der Waals surface area contributed by atoms with Crippen LogP contribution in [0.15, 0.2) is 30.5 Å². The molecule has 1 saturated carbocycles. The van der Waals surface area contributed by atoms with Crippen LogP contribution in [0.3, 0.4) is 0 Å². The Kier molecular flexibility index (Phi) is 16.4. The molecule has 0 atom stereocenters. The van der Waals surface area contributed by atoms with Gasteiger partial charge in [0, 0.05) is 50.5 Å². The van der Waals surface area contributed by atoms with E-state index in [1.165, 1.54) is 18.4 Å². The summed E-state index contributed by atoms with van der Waals surface area (Å²) in [6, 6.07) is 8.23. The number of aromatic nitrogens is 2. The van der Waals surface area contributed by atoms with E-state index in [1.54, 1.807) is 0 Å². The minimum atomic E-state index is -5.08. The maximum atomic E-state index is 12.8. The average molecular weight is 736 g/mol. The fourth-order valence-corrected chi connectivity index (χ4v) is 3.77. The van der Waals surface area contributed by atoms with Crippen LogP contribution in [0.4, 0.5) is 45.3 Å². The summed E-state index contributed by atoms with van der Waals surface area (Å²) >= 11 is 0. The number of fused-ring (bicyclic) bond motifs is 1. The zero-order chi connectivity index (χ0) is 38.4. The third-order valence-corrected chi connectivity index (χ3v) is 6.31. The summed E-state index contributed by atoms with van der Waals surface area (Å²) in [5.41, 5.74) is 4.08. The zero-order valence-corrected chi connectivity index (χ0v) is 26.4. The van der Waals surface area contributed by atoms with Gasteiger partial charge in [0.2, 0.25) is 0 Å². The van der Waals surface area contributed by atoms with E-state index in [1.807, 2.05) is 32.2 Å². The highest BCUT2D eigenvalue weighted by Crippen LogP contribution is 2.30. The van der Waals surface area contributed by atoms with Gasteiger partial charge in [-0.15, -0.1) is 0 Å². The lowest BCUT2D eigenvalue weighted by Gasteiger charge is -2.18. The van der Waals surface area contributed by atoms with Gasteiger partial charge in [-0.3, -0.25) is 14.7 Å². The molecule has 1 aliphatic carbocycles. The lowest BCUT2D eigenvalue weighted by atomic mass is 10.0. The molecule has 0 unspecified atom stereocenters. The average Bonchev–Trinajstić information content (AvgIpc) is 3.83. The Bertz CT molecular complexity index is 1380. The van der Waals surface area contributed by atoms with Gasteiger partial charge >= 0.3 is 36.4 Å². The molecule has 2 aromatic heterocycles. The SMILES string of the molecule is CC(C)NC(=O)c1cc2c(nc1NCC1CC1)CCN(Cc1ccccn1)CC2.O=C(O)C(F)(F)F.O=C(O)C(F)(F)F.O=C(O)C(F)(F)F. The van der Waals surface area contributed by atoms with Crippen molar-refractivity contribution in [1.29, 1.82) is 0 Å². The molecule has 1 fully saturated rings. The van der Waals surface area contributed by atoms with Crippen LogP contribution in [0.25, 0.3) is 0 Å². The quantitative estimate of drug-likeness (QED) is 0.243. The number of rotatable bonds is 7. The Labute approximate surface area is 278 Å². The molecular weight excluding hydrogens is 701 g/mol. The molecule has 12 nitrogen and oxygen atoms in total. The topological polar surface area (TPSA) is 182 Å². The number of carbonyl (C=O) groups is 4. The summed E-state index contributed by atoms with van der Waals surface area (Å²) in [5, 5.41) is 27.9. The number of hydrogen-bond donors (Lipinski definition) is 5. The Morgan fingerprint density at radius 1 is 0.860 bits per heavy atom. The second-order valence-corrected chi connectivity index (χ2v) is 10.9. The molecule has 2 aromatic rings. The second kappa shape index (κ2) is 18.9. The van der Waals surface area contributed by atoms with E-state index in [0.29, 0.717) is 5.56 Å². The van der Waals surface area contributed by atoms with E-state index < -0.39 is 36.4 Å². The van der Waals surface area contributed by atoms with Crippen molar-refractivity contribution in [3.63, 3.8) is 0 Å². The lowest BCUT2D eigenvalue weighted by molar-refractivity contribution is -0.193. The summed E-state index contributed by atoms with van der Waals surface area (Å²) < 4.78 is 95.2. The number of nitrogens with one attached hydrogen (secondary N) is 2. The van der Waals surface area contributed by atoms with E-state index in [0.717, 1.165) is 62.1 Å². The van der Waals surface area contributed by atoms with Gasteiger partial charge < -0.3 is 26.0 Å². The number of hydrogen-bond acceptors (Lipinski definition) is 8. The number of alkyl halides is 9. The van der Waals surface area contributed by atoms with Crippen molar-refractivity contribution in [3.8, 4) is 0 Å².